The molecule has 2 nitrogen and oxygen atoms in total. The first-order valence-electron chi connectivity index (χ1n) is 18.8. The molecule has 7 aromatic rings. The van der Waals surface area contributed by atoms with Gasteiger partial charge in [-0.2, -0.15) is 0 Å². The average molecular weight is 707 g/mol. The number of benzene rings is 7. The first-order chi connectivity index (χ1) is 25.5. The maximum atomic E-state index is 7.65. The molecular weight excluding hydrogens is 664 g/mol. The van der Waals surface area contributed by atoms with Crippen LogP contribution in [-0.2, 0) is 16.4 Å². The van der Waals surface area contributed by atoms with Gasteiger partial charge < -0.3 is 9.47 Å². The molecule has 1 aliphatic carbocycles. The fourth-order valence-corrected chi connectivity index (χ4v) is 11.5. The van der Waals surface area contributed by atoms with Crippen molar-refractivity contribution >= 4 is 51.0 Å². The lowest BCUT2D eigenvalue weighted by atomic mass is 9.76. The Bertz CT molecular complexity index is 2600. The van der Waals surface area contributed by atoms with Gasteiger partial charge in [-0.1, -0.05) is 169 Å². The molecule has 2 atom stereocenters. The zero-order valence-corrected chi connectivity index (χ0v) is 32.1. The molecule has 260 valence electrons. The van der Waals surface area contributed by atoms with Crippen molar-refractivity contribution in [2.75, 3.05) is 0 Å². The van der Waals surface area contributed by atoms with Crippen LogP contribution < -0.4 is 20.1 Å². The van der Waals surface area contributed by atoms with E-state index in [1.807, 2.05) is 0 Å². The van der Waals surface area contributed by atoms with Gasteiger partial charge in [0.15, 0.2) is 6.10 Å². The van der Waals surface area contributed by atoms with Gasteiger partial charge in [0.05, 0.1) is 0 Å². The van der Waals surface area contributed by atoms with E-state index < -0.39 is 13.5 Å². The molecule has 0 aromatic heterocycles. The van der Waals surface area contributed by atoms with Gasteiger partial charge in [-0.3, -0.25) is 0 Å². The third-order valence-electron chi connectivity index (χ3n) is 11.5. The Labute approximate surface area is 313 Å². The van der Waals surface area contributed by atoms with Gasteiger partial charge in [0.25, 0.3) is 0 Å². The predicted octanol–water partition coefficient (Wildman–Crippen LogP) is 12.3. The van der Waals surface area contributed by atoms with E-state index in [-0.39, 0.29) is 16.9 Å². The molecule has 1 spiro atoms. The maximum absolute atomic E-state index is 7.65. The van der Waals surface area contributed by atoms with Crippen LogP contribution >= 0.6 is 7.92 Å². The van der Waals surface area contributed by atoms with Crippen LogP contribution in [0.25, 0.3) is 32.4 Å². The number of hydrogen-bond acceptors (Lipinski definition) is 2. The Morgan fingerprint density at radius 2 is 1.15 bits per heavy atom. The highest BCUT2D eigenvalue weighted by atomic mass is 31.1. The van der Waals surface area contributed by atoms with Gasteiger partial charge in [0.2, 0.25) is 5.60 Å². The smallest absolute Gasteiger partial charge is 0.202 e. The van der Waals surface area contributed by atoms with Gasteiger partial charge >= 0.3 is 0 Å². The lowest BCUT2D eigenvalue weighted by Crippen LogP contribution is -2.40. The molecule has 2 heterocycles. The molecule has 10 rings (SSSR count). The van der Waals surface area contributed by atoms with E-state index >= 15 is 0 Å². The van der Waals surface area contributed by atoms with Crippen LogP contribution in [0.4, 0.5) is 0 Å². The minimum absolute atomic E-state index is 0.0287. The fourth-order valence-electron chi connectivity index (χ4n) is 8.84. The van der Waals surface area contributed by atoms with Gasteiger partial charge in [-0.05, 0) is 85.8 Å². The zero-order chi connectivity index (χ0) is 36.3. The molecule has 0 amide bonds. The van der Waals surface area contributed by atoms with E-state index in [4.69, 9.17) is 9.47 Å². The molecule has 0 saturated heterocycles. The van der Waals surface area contributed by atoms with Gasteiger partial charge in [0, 0.05) is 27.6 Å². The van der Waals surface area contributed by atoms with Crippen LogP contribution in [-0.4, -0.2) is 0 Å². The van der Waals surface area contributed by atoms with Crippen molar-refractivity contribution in [1.82, 2.24) is 0 Å². The quantitative estimate of drug-likeness (QED) is 0.170. The monoisotopic (exact) mass is 706 g/mol. The van der Waals surface area contributed by atoms with Crippen molar-refractivity contribution in [3.63, 3.8) is 0 Å². The maximum Gasteiger partial charge on any atom is 0.202 e. The topological polar surface area (TPSA) is 18.5 Å². The molecular formula is C50H43O2P. The van der Waals surface area contributed by atoms with E-state index in [0.717, 1.165) is 22.6 Å². The summed E-state index contributed by atoms with van der Waals surface area (Å²) in [6.45, 7) is 13.7. The van der Waals surface area contributed by atoms with E-state index in [9.17, 15) is 0 Å². The van der Waals surface area contributed by atoms with E-state index in [0.29, 0.717) is 0 Å². The lowest BCUT2D eigenvalue weighted by Gasteiger charge is -2.40. The highest BCUT2D eigenvalue weighted by Crippen LogP contribution is 2.72. The number of ether oxygens (including phenoxy) is 2. The Balaban J connectivity index is 1.33. The van der Waals surface area contributed by atoms with Crippen LogP contribution in [0.2, 0.25) is 0 Å². The summed E-state index contributed by atoms with van der Waals surface area (Å²) < 4.78 is 15.0. The summed E-state index contributed by atoms with van der Waals surface area (Å²) in [4.78, 5) is 0. The van der Waals surface area contributed by atoms with Crippen molar-refractivity contribution in [2.45, 2.75) is 64.1 Å². The molecule has 3 aliphatic rings. The zero-order valence-electron chi connectivity index (χ0n) is 31.2. The molecule has 0 N–H and O–H groups in total. The van der Waals surface area contributed by atoms with Crippen LogP contribution in [0, 0.1) is 0 Å². The molecule has 0 bridgehead atoms. The van der Waals surface area contributed by atoms with Crippen molar-refractivity contribution in [2.24, 2.45) is 0 Å². The Morgan fingerprint density at radius 3 is 1.83 bits per heavy atom. The summed E-state index contributed by atoms with van der Waals surface area (Å²) in [6, 6.07) is 54.1. The van der Waals surface area contributed by atoms with E-state index in [1.165, 1.54) is 65.3 Å². The second-order valence-corrected chi connectivity index (χ2v) is 19.1. The lowest BCUT2D eigenvalue weighted by molar-refractivity contribution is 0.0237. The second-order valence-electron chi connectivity index (χ2n) is 16.9. The van der Waals surface area contributed by atoms with E-state index in [1.54, 1.807) is 0 Å². The van der Waals surface area contributed by atoms with Crippen LogP contribution in [0.15, 0.2) is 146 Å². The number of fused-ring (bicyclic) bond motifs is 8. The molecule has 3 heteroatoms. The van der Waals surface area contributed by atoms with Gasteiger partial charge in [-0.25, -0.2) is 0 Å². The van der Waals surface area contributed by atoms with Crippen LogP contribution in [0.3, 0.4) is 0 Å². The largest absolute Gasteiger partial charge is 0.480 e. The predicted molar refractivity (Wildman–Crippen MR) is 223 cm³/mol. The molecule has 2 unspecified atom stereocenters. The Morgan fingerprint density at radius 1 is 0.547 bits per heavy atom. The first kappa shape index (κ1) is 32.5. The van der Waals surface area contributed by atoms with Crippen LogP contribution in [0.1, 0.15) is 81.0 Å². The summed E-state index contributed by atoms with van der Waals surface area (Å²) in [5, 5.41) is 8.80. The average Bonchev–Trinajstić information content (AvgIpc) is 3.63. The van der Waals surface area contributed by atoms with Crippen LogP contribution in [0.5, 0.6) is 11.5 Å². The SMILES string of the molecule is CC(C)(C)c1ccc2cc3c(cc2c1)OC12C(=C(P(c4ccccc4)c4ccccc4)c4ccccc41)c1c(ccc4cc(C(C)(C)C)ccc14)OC32. The number of rotatable bonds is 3. The minimum atomic E-state index is -0.996. The highest BCUT2D eigenvalue weighted by molar-refractivity contribution is 7.82. The second kappa shape index (κ2) is 11.4. The summed E-state index contributed by atoms with van der Waals surface area (Å²) >= 11 is 0. The summed E-state index contributed by atoms with van der Waals surface area (Å²) in [6.07, 6.45) is -0.361. The Hall–Kier alpha value is -5.17. The first-order valence-corrected chi connectivity index (χ1v) is 20.1. The molecule has 53 heavy (non-hydrogen) atoms. The minimum Gasteiger partial charge on any atom is -0.480 e. The molecule has 0 saturated carbocycles. The summed E-state index contributed by atoms with van der Waals surface area (Å²) in [5.74, 6) is 1.82. The Kier molecular flexibility index (Phi) is 6.99. The third kappa shape index (κ3) is 4.81. The summed E-state index contributed by atoms with van der Waals surface area (Å²) in [5.41, 5.74) is 7.76. The summed E-state index contributed by atoms with van der Waals surface area (Å²) in [7, 11) is -0.996. The molecule has 0 fully saturated rings. The van der Waals surface area contributed by atoms with Crippen molar-refractivity contribution < 1.29 is 9.47 Å². The van der Waals surface area contributed by atoms with E-state index in [2.05, 4.69) is 187 Å². The molecule has 7 aromatic carbocycles. The third-order valence-corrected chi connectivity index (χ3v) is 14.1. The van der Waals surface area contributed by atoms with Crippen molar-refractivity contribution in [1.29, 1.82) is 0 Å². The fraction of sp³-hybridized carbons (Fsp3) is 0.200. The molecule has 0 radical (unpaired) electrons. The standard InChI is InChI=1S/C50H43O2P/c1-48(2,3)34-23-21-31-29-40-43(30-33(31)28-34)52-50-41-20-14-13-19-39(41)46(53(36-15-9-7-10-16-36)37-17-11-8-12-18-37)45(50)44-38-25-24-35(49(4,5)6)27-32(38)22-26-42(44)51-47(40)50/h7-30,47H,1-6H3. The van der Waals surface area contributed by atoms with Gasteiger partial charge in [-0.15, -0.1) is 0 Å². The highest BCUT2D eigenvalue weighted by Gasteiger charge is 2.63. The molecule has 2 aliphatic heterocycles. The van der Waals surface area contributed by atoms with Crippen molar-refractivity contribution in [3.8, 4) is 11.5 Å². The van der Waals surface area contributed by atoms with Gasteiger partial charge in [0.1, 0.15) is 11.5 Å². The van der Waals surface area contributed by atoms with Crippen molar-refractivity contribution in [3.05, 3.63) is 179 Å². The number of hydrogen-bond donors (Lipinski definition) is 0. The normalized spacial score (nSPS) is 18.7.